The van der Waals surface area contributed by atoms with Crippen LogP contribution in [0, 0.1) is 13.8 Å². The second-order valence-electron chi connectivity index (χ2n) is 4.70. The summed E-state index contributed by atoms with van der Waals surface area (Å²) in [6, 6.07) is 7.11. The van der Waals surface area contributed by atoms with E-state index in [1.54, 1.807) is 24.3 Å². The van der Waals surface area contributed by atoms with E-state index in [-0.39, 0.29) is 0 Å². The van der Waals surface area contributed by atoms with Gasteiger partial charge in [0.25, 0.3) is 5.89 Å². The molecule has 0 bridgehead atoms. The Hall–Kier alpha value is -2.40. The van der Waals surface area contributed by atoms with Gasteiger partial charge in [0.15, 0.2) is 6.29 Å². The van der Waals surface area contributed by atoms with Crippen LogP contribution in [0.25, 0.3) is 22.9 Å². The lowest BCUT2D eigenvalue weighted by molar-refractivity contribution is 0.112. The molecule has 0 radical (unpaired) electrons. The van der Waals surface area contributed by atoms with Gasteiger partial charge >= 0.3 is 0 Å². The van der Waals surface area contributed by atoms with Crippen LogP contribution in [-0.4, -0.2) is 21.5 Å². The summed E-state index contributed by atoms with van der Waals surface area (Å²) in [6.07, 6.45) is 0.792. The highest BCUT2D eigenvalue weighted by atomic mass is 35.5. The Labute approximate surface area is 126 Å². The largest absolute Gasteiger partial charge is 0.416 e. The number of carbonyl (C=O) groups excluding carboxylic acids is 1. The maximum Gasteiger partial charge on any atom is 0.250 e. The third-order valence-electron chi connectivity index (χ3n) is 3.27. The highest BCUT2D eigenvalue weighted by molar-refractivity contribution is 6.30. The molecule has 2 aromatic heterocycles. The molecule has 0 aliphatic carbocycles. The standard InChI is InChI=1S/C15H12ClN3O2/c1-8-12(7-20)13(9(2)17-8)15-19-18-14(21-15)10-3-5-11(16)6-4-10/h3-7,17H,1-2H3. The molecule has 0 amide bonds. The molecule has 0 fully saturated rings. The van der Waals surface area contributed by atoms with Crippen LogP contribution >= 0.6 is 11.6 Å². The number of nitrogens with one attached hydrogen (secondary N) is 1. The molecular weight excluding hydrogens is 290 g/mol. The summed E-state index contributed by atoms with van der Waals surface area (Å²) >= 11 is 5.85. The molecule has 0 saturated carbocycles. The van der Waals surface area contributed by atoms with Gasteiger partial charge in [-0.3, -0.25) is 4.79 Å². The Morgan fingerprint density at radius 1 is 1.10 bits per heavy atom. The van der Waals surface area contributed by atoms with Gasteiger partial charge in [-0.05, 0) is 38.1 Å². The van der Waals surface area contributed by atoms with Crippen molar-refractivity contribution in [1.29, 1.82) is 0 Å². The van der Waals surface area contributed by atoms with Crippen LogP contribution in [0.4, 0.5) is 0 Å². The van der Waals surface area contributed by atoms with Crippen molar-refractivity contribution in [3.05, 3.63) is 46.2 Å². The van der Waals surface area contributed by atoms with Crippen molar-refractivity contribution >= 4 is 17.9 Å². The fraction of sp³-hybridized carbons (Fsp3) is 0.133. The van der Waals surface area contributed by atoms with Crippen molar-refractivity contribution in [3.63, 3.8) is 0 Å². The highest BCUT2D eigenvalue weighted by Gasteiger charge is 2.19. The van der Waals surface area contributed by atoms with Crippen molar-refractivity contribution in [3.8, 4) is 22.9 Å². The first-order valence-electron chi connectivity index (χ1n) is 6.34. The minimum absolute atomic E-state index is 0.323. The van der Waals surface area contributed by atoms with Crippen LogP contribution < -0.4 is 0 Å². The normalized spacial score (nSPS) is 10.8. The number of benzene rings is 1. The minimum atomic E-state index is 0.323. The van der Waals surface area contributed by atoms with Gasteiger partial charge < -0.3 is 9.40 Å². The molecule has 0 atom stereocenters. The van der Waals surface area contributed by atoms with E-state index in [2.05, 4.69) is 15.2 Å². The first-order chi connectivity index (χ1) is 10.1. The molecule has 0 saturated heterocycles. The number of aromatic nitrogens is 3. The second-order valence-corrected chi connectivity index (χ2v) is 5.14. The average molecular weight is 302 g/mol. The lowest BCUT2D eigenvalue weighted by Crippen LogP contribution is -1.86. The fourth-order valence-corrected chi connectivity index (χ4v) is 2.38. The molecular formula is C15H12ClN3O2. The lowest BCUT2D eigenvalue weighted by Gasteiger charge is -1.96. The Morgan fingerprint density at radius 2 is 1.76 bits per heavy atom. The van der Waals surface area contributed by atoms with Crippen molar-refractivity contribution < 1.29 is 9.21 Å². The first-order valence-corrected chi connectivity index (χ1v) is 6.72. The molecule has 3 aromatic rings. The number of hydrogen-bond donors (Lipinski definition) is 1. The van der Waals surface area contributed by atoms with Gasteiger partial charge in [-0.1, -0.05) is 11.6 Å². The van der Waals surface area contributed by atoms with Crippen LogP contribution in [0.5, 0.6) is 0 Å². The third-order valence-corrected chi connectivity index (χ3v) is 3.52. The molecule has 6 heteroatoms. The molecule has 1 aromatic carbocycles. The molecule has 0 aliphatic rings. The van der Waals surface area contributed by atoms with E-state index in [1.807, 2.05) is 13.8 Å². The zero-order chi connectivity index (χ0) is 15.0. The van der Waals surface area contributed by atoms with E-state index in [0.29, 0.717) is 27.9 Å². The highest BCUT2D eigenvalue weighted by Crippen LogP contribution is 2.30. The number of H-pyrrole nitrogens is 1. The van der Waals surface area contributed by atoms with Gasteiger partial charge in [-0.2, -0.15) is 0 Å². The molecule has 21 heavy (non-hydrogen) atoms. The monoisotopic (exact) mass is 301 g/mol. The molecule has 0 spiro atoms. The minimum Gasteiger partial charge on any atom is -0.416 e. The zero-order valence-electron chi connectivity index (χ0n) is 11.5. The van der Waals surface area contributed by atoms with E-state index in [4.69, 9.17) is 16.0 Å². The lowest BCUT2D eigenvalue weighted by atomic mass is 10.1. The molecule has 2 heterocycles. The first kappa shape index (κ1) is 13.6. The summed E-state index contributed by atoms with van der Waals surface area (Å²) in [5, 5.41) is 8.71. The van der Waals surface area contributed by atoms with E-state index >= 15 is 0 Å². The molecule has 0 unspecified atom stereocenters. The zero-order valence-corrected chi connectivity index (χ0v) is 12.2. The molecule has 0 aliphatic heterocycles. The van der Waals surface area contributed by atoms with Crippen molar-refractivity contribution in [1.82, 2.24) is 15.2 Å². The van der Waals surface area contributed by atoms with Gasteiger partial charge in [-0.15, -0.1) is 10.2 Å². The van der Waals surface area contributed by atoms with Gasteiger partial charge in [0.05, 0.1) is 5.56 Å². The Bertz CT molecular complexity index is 803. The van der Waals surface area contributed by atoms with Crippen LogP contribution in [0.2, 0.25) is 5.02 Å². The predicted molar refractivity (Wildman–Crippen MR) is 79.4 cm³/mol. The summed E-state index contributed by atoms with van der Waals surface area (Å²) < 4.78 is 5.69. The number of nitrogens with zero attached hydrogens (tertiary/aromatic N) is 2. The number of aromatic amines is 1. The summed E-state index contributed by atoms with van der Waals surface area (Å²) in [7, 11) is 0. The number of carbonyl (C=O) groups is 1. The van der Waals surface area contributed by atoms with E-state index in [9.17, 15) is 4.79 Å². The Morgan fingerprint density at radius 3 is 2.43 bits per heavy atom. The van der Waals surface area contributed by atoms with Gasteiger partial charge in [-0.25, -0.2) is 0 Å². The smallest absolute Gasteiger partial charge is 0.250 e. The van der Waals surface area contributed by atoms with Crippen molar-refractivity contribution in [2.75, 3.05) is 0 Å². The van der Waals surface area contributed by atoms with Crippen molar-refractivity contribution in [2.45, 2.75) is 13.8 Å². The second kappa shape index (κ2) is 5.18. The number of halogens is 1. The Balaban J connectivity index is 2.06. The van der Waals surface area contributed by atoms with E-state index in [0.717, 1.165) is 23.2 Å². The average Bonchev–Trinajstić information content (AvgIpc) is 3.03. The van der Waals surface area contributed by atoms with Crippen LogP contribution in [-0.2, 0) is 0 Å². The number of aryl methyl sites for hydroxylation is 2. The summed E-state index contributed by atoms with van der Waals surface area (Å²) in [6.45, 7) is 3.69. The molecule has 5 nitrogen and oxygen atoms in total. The molecule has 3 rings (SSSR count). The van der Waals surface area contributed by atoms with Crippen LogP contribution in [0.15, 0.2) is 28.7 Å². The molecule has 106 valence electrons. The summed E-state index contributed by atoms with van der Waals surface area (Å²) in [5.41, 5.74) is 3.56. The van der Waals surface area contributed by atoms with Crippen molar-refractivity contribution in [2.24, 2.45) is 0 Å². The van der Waals surface area contributed by atoms with Gasteiger partial charge in [0.2, 0.25) is 5.89 Å². The van der Waals surface area contributed by atoms with E-state index in [1.165, 1.54) is 0 Å². The predicted octanol–water partition coefficient (Wildman–Crippen LogP) is 3.81. The Kier molecular flexibility index (Phi) is 3.35. The fourth-order valence-electron chi connectivity index (χ4n) is 2.26. The van der Waals surface area contributed by atoms with Crippen LogP contribution in [0.3, 0.4) is 0 Å². The van der Waals surface area contributed by atoms with Gasteiger partial charge in [0, 0.05) is 27.5 Å². The molecule has 1 N–H and O–H groups in total. The quantitative estimate of drug-likeness (QED) is 0.747. The summed E-state index contributed by atoms with van der Waals surface area (Å²) in [5.74, 6) is 0.709. The maximum absolute atomic E-state index is 11.2. The number of aldehydes is 1. The van der Waals surface area contributed by atoms with Gasteiger partial charge in [0.1, 0.15) is 0 Å². The number of hydrogen-bond acceptors (Lipinski definition) is 4. The number of rotatable bonds is 3. The van der Waals surface area contributed by atoms with E-state index < -0.39 is 0 Å². The summed E-state index contributed by atoms with van der Waals surface area (Å²) in [4.78, 5) is 14.3. The van der Waals surface area contributed by atoms with Crippen LogP contribution in [0.1, 0.15) is 21.7 Å². The topological polar surface area (TPSA) is 71.8 Å². The maximum atomic E-state index is 11.2. The third kappa shape index (κ3) is 2.36. The SMILES string of the molecule is Cc1[nH]c(C)c(-c2nnc(-c3ccc(Cl)cc3)o2)c1C=O.